The number of hydrogen-bond acceptors (Lipinski definition) is 3. The van der Waals surface area contributed by atoms with Gasteiger partial charge in [0.2, 0.25) is 0 Å². The molecule has 1 fully saturated rings. The van der Waals surface area contributed by atoms with Gasteiger partial charge in [-0.25, -0.2) is 0 Å². The van der Waals surface area contributed by atoms with Gasteiger partial charge in [0.25, 0.3) is 0 Å². The molecule has 1 saturated heterocycles. The van der Waals surface area contributed by atoms with Crippen molar-refractivity contribution in [3.63, 3.8) is 0 Å². The fourth-order valence-electron chi connectivity index (χ4n) is 3.00. The summed E-state index contributed by atoms with van der Waals surface area (Å²) in [4.78, 5) is 2.57. The third-order valence-corrected chi connectivity index (χ3v) is 4.25. The van der Waals surface area contributed by atoms with E-state index < -0.39 is 0 Å². The molecule has 1 atom stereocenters. The average Bonchev–Trinajstić information content (AvgIpc) is 2.53. The first-order valence-electron chi connectivity index (χ1n) is 8.41. The van der Waals surface area contributed by atoms with Gasteiger partial charge in [-0.1, -0.05) is 55.8 Å². The summed E-state index contributed by atoms with van der Waals surface area (Å²) >= 11 is 0. The van der Waals surface area contributed by atoms with Gasteiger partial charge in [0.1, 0.15) is 0 Å². The van der Waals surface area contributed by atoms with Crippen LogP contribution in [0.4, 0.5) is 0 Å². The van der Waals surface area contributed by atoms with Crippen molar-refractivity contribution < 1.29 is 4.74 Å². The normalized spacial score (nSPS) is 18.6. The fraction of sp³-hybridized carbons (Fsp3) is 0.579. The summed E-state index contributed by atoms with van der Waals surface area (Å²) < 4.78 is 5.47. The Balaban J connectivity index is 1.81. The smallest absolute Gasteiger partial charge is 0.0594 e. The van der Waals surface area contributed by atoms with E-state index in [1.807, 2.05) is 0 Å². The lowest BCUT2D eigenvalue weighted by atomic mass is 10.0. The van der Waals surface area contributed by atoms with Crippen molar-refractivity contribution in [1.29, 1.82) is 0 Å². The van der Waals surface area contributed by atoms with Gasteiger partial charge >= 0.3 is 0 Å². The van der Waals surface area contributed by atoms with Crippen LogP contribution in [0.5, 0.6) is 0 Å². The minimum atomic E-state index is 0.591. The van der Waals surface area contributed by atoms with Crippen molar-refractivity contribution in [2.24, 2.45) is 5.92 Å². The number of ether oxygens (including phenoxy) is 1. The van der Waals surface area contributed by atoms with Crippen molar-refractivity contribution in [2.45, 2.75) is 26.8 Å². The lowest BCUT2D eigenvalue weighted by Crippen LogP contribution is -2.50. The molecule has 1 N–H and O–H groups in total. The molecule has 0 bridgehead atoms. The van der Waals surface area contributed by atoms with Crippen LogP contribution in [0.1, 0.15) is 26.3 Å². The molecule has 2 rings (SSSR count). The van der Waals surface area contributed by atoms with Crippen LogP contribution in [-0.2, 0) is 4.74 Å². The summed E-state index contributed by atoms with van der Waals surface area (Å²) in [7, 11) is 0. The van der Waals surface area contributed by atoms with E-state index in [0.29, 0.717) is 12.0 Å². The number of benzene rings is 1. The quantitative estimate of drug-likeness (QED) is 0.838. The highest BCUT2D eigenvalue weighted by Gasteiger charge is 2.23. The number of nitrogens with zero attached hydrogens (tertiary/aromatic N) is 1. The second-order valence-electron chi connectivity index (χ2n) is 6.49. The minimum absolute atomic E-state index is 0.591. The van der Waals surface area contributed by atoms with Crippen molar-refractivity contribution in [1.82, 2.24) is 10.2 Å². The van der Waals surface area contributed by atoms with Crippen LogP contribution in [-0.4, -0.2) is 50.3 Å². The second-order valence-corrected chi connectivity index (χ2v) is 6.49. The Morgan fingerprint density at radius 2 is 1.91 bits per heavy atom. The van der Waals surface area contributed by atoms with Crippen LogP contribution in [0.2, 0.25) is 0 Å². The van der Waals surface area contributed by atoms with E-state index in [-0.39, 0.29) is 0 Å². The molecule has 3 heteroatoms. The highest BCUT2D eigenvalue weighted by molar-refractivity contribution is 5.52. The van der Waals surface area contributed by atoms with Gasteiger partial charge in [0.15, 0.2) is 0 Å². The summed E-state index contributed by atoms with van der Waals surface area (Å²) in [5.41, 5.74) is 2.64. The molecular weight excluding hydrogens is 272 g/mol. The summed E-state index contributed by atoms with van der Waals surface area (Å²) in [6.07, 6.45) is 2.26. The third kappa shape index (κ3) is 5.56. The molecule has 0 aromatic heterocycles. The molecule has 1 aliphatic rings. The molecule has 0 aliphatic carbocycles. The Hall–Kier alpha value is -1.16. The first kappa shape index (κ1) is 17.2. The van der Waals surface area contributed by atoms with E-state index in [1.165, 1.54) is 11.1 Å². The predicted molar refractivity (Wildman–Crippen MR) is 94.0 cm³/mol. The van der Waals surface area contributed by atoms with Crippen LogP contribution < -0.4 is 5.32 Å². The van der Waals surface area contributed by atoms with Crippen LogP contribution in [0.3, 0.4) is 0 Å². The van der Waals surface area contributed by atoms with Gasteiger partial charge in [0.05, 0.1) is 13.2 Å². The molecule has 0 radical (unpaired) electrons. The lowest BCUT2D eigenvalue weighted by Gasteiger charge is -2.37. The second kappa shape index (κ2) is 9.09. The summed E-state index contributed by atoms with van der Waals surface area (Å²) in [6.45, 7) is 12.7. The number of rotatable bonds is 7. The predicted octanol–water partition coefficient (Wildman–Crippen LogP) is 3.04. The molecular formula is C19H30N2O. The maximum Gasteiger partial charge on any atom is 0.0594 e. The van der Waals surface area contributed by atoms with Gasteiger partial charge in [-0.05, 0) is 18.4 Å². The summed E-state index contributed by atoms with van der Waals surface area (Å²) in [6, 6.07) is 11.1. The summed E-state index contributed by atoms with van der Waals surface area (Å²) in [5.74, 6) is 0.656. The van der Waals surface area contributed by atoms with Crippen LogP contribution in [0.25, 0.3) is 6.08 Å². The van der Waals surface area contributed by atoms with E-state index in [1.54, 1.807) is 0 Å². The number of hydrogen-bond donors (Lipinski definition) is 1. The molecule has 1 aromatic carbocycles. The molecule has 3 nitrogen and oxygen atoms in total. The fourth-order valence-corrected chi connectivity index (χ4v) is 3.00. The summed E-state index contributed by atoms with van der Waals surface area (Å²) in [5, 5.41) is 3.63. The zero-order valence-electron chi connectivity index (χ0n) is 14.2. The molecule has 0 saturated carbocycles. The first-order chi connectivity index (χ1) is 10.7. The maximum absolute atomic E-state index is 5.47. The van der Waals surface area contributed by atoms with Gasteiger partial charge in [-0.2, -0.15) is 0 Å². The Kier molecular flexibility index (Phi) is 7.10. The molecule has 1 heterocycles. The lowest BCUT2D eigenvalue weighted by molar-refractivity contribution is 0.00673. The highest BCUT2D eigenvalue weighted by Crippen LogP contribution is 2.12. The van der Waals surface area contributed by atoms with Crippen LogP contribution in [0, 0.1) is 5.92 Å². The Labute approximate surface area is 135 Å². The van der Waals surface area contributed by atoms with E-state index in [9.17, 15) is 0 Å². The largest absolute Gasteiger partial charge is 0.379 e. The van der Waals surface area contributed by atoms with Crippen molar-refractivity contribution in [3.05, 3.63) is 41.5 Å². The van der Waals surface area contributed by atoms with E-state index in [2.05, 4.69) is 67.4 Å². The average molecular weight is 302 g/mol. The highest BCUT2D eigenvalue weighted by atomic mass is 16.5. The SMILES string of the molecule is C/C(=C\c1ccccc1)CNCC(C(C)C)N1CCOCC1. The zero-order chi connectivity index (χ0) is 15.8. The molecule has 0 spiro atoms. The molecule has 122 valence electrons. The monoisotopic (exact) mass is 302 g/mol. The standard InChI is InChI=1S/C19H30N2O/c1-16(2)19(21-9-11-22-12-10-21)15-20-14-17(3)13-18-7-5-4-6-8-18/h4-8,13,16,19-20H,9-12,14-15H2,1-3H3/b17-13+. The van der Waals surface area contributed by atoms with E-state index in [0.717, 1.165) is 39.4 Å². The zero-order valence-corrected chi connectivity index (χ0v) is 14.2. The number of morpholine rings is 1. The molecule has 1 aromatic rings. The first-order valence-corrected chi connectivity index (χ1v) is 8.41. The topological polar surface area (TPSA) is 24.5 Å². The molecule has 1 aliphatic heterocycles. The Morgan fingerprint density at radius 3 is 2.55 bits per heavy atom. The molecule has 0 amide bonds. The van der Waals surface area contributed by atoms with E-state index >= 15 is 0 Å². The van der Waals surface area contributed by atoms with Gasteiger partial charge in [-0.15, -0.1) is 0 Å². The van der Waals surface area contributed by atoms with Crippen LogP contribution >= 0.6 is 0 Å². The van der Waals surface area contributed by atoms with Gasteiger partial charge in [-0.3, -0.25) is 4.90 Å². The molecule has 22 heavy (non-hydrogen) atoms. The Morgan fingerprint density at radius 1 is 1.23 bits per heavy atom. The van der Waals surface area contributed by atoms with Crippen molar-refractivity contribution in [3.8, 4) is 0 Å². The van der Waals surface area contributed by atoms with Gasteiger partial charge < -0.3 is 10.1 Å². The maximum atomic E-state index is 5.47. The van der Waals surface area contributed by atoms with Crippen molar-refractivity contribution in [2.75, 3.05) is 39.4 Å². The number of nitrogens with one attached hydrogen (secondary N) is 1. The third-order valence-electron chi connectivity index (χ3n) is 4.25. The van der Waals surface area contributed by atoms with Crippen LogP contribution in [0.15, 0.2) is 35.9 Å². The minimum Gasteiger partial charge on any atom is -0.379 e. The molecule has 1 unspecified atom stereocenters. The van der Waals surface area contributed by atoms with Crippen molar-refractivity contribution >= 4 is 6.08 Å². The van der Waals surface area contributed by atoms with E-state index in [4.69, 9.17) is 4.74 Å². The van der Waals surface area contributed by atoms with Gasteiger partial charge in [0, 0.05) is 32.2 Å². The Bertz CT molecular complexity index is 450.